The Labute approximate surface area is 122 Å². The molecule has 0 bridgehead atoms. The number of unbranched alkanes of at least 4 members (excludes halogenated alkanes) is 6. The van der Waals surface area contributed by atoms with E-state index in [1.54, 1.807) is 0 Å². The third-order valence-corrected chi connectivity index (χ3v) is 3.38. The number of hydrogen-bond donors (Lipinski definition) is 0. The molecule has 20 heavy (non-hydrogen) atoms. The van der Waals surface area contributed by atoms with Crippen molar-refractivity contribution >= 4 is 6.16 Å². The molecule has 1 rings (SSSR count). The minimum atomic E-state index is -0.656. The van der Waals surface area contributed by atoms with Gasteiger partial charge in [-0.05, 0) is 24.5 Å². The fourth-order valence-corrected chi connectivity index (χ4v) is 2.21. The van der Waals surface area contributed by atoms with E-state index in [0.717, 1.165) is 18.4 Å². The van der Waals surface area contributed by atoms with Crippen LogP contribution in [0.15, 0.2) is 24.3 Å². The lowest BCUT2D eigenvalue weighted by Gasteiger charge is -2.09. The van der Waals surface area contributed by atoms with Gasteiger partial charge in [0.25, 0.3) is 0 Å². The van der Waals surface area contributed by atoms with E-state index < -0.39 is 6.16 Å². The number of aryl methyl sites for hydroxylation is 1. The van der Waals surface area contributed by atoms with Crippen molar-refractivity contribution in [3.8, 4) is 5.75 Å². The smallest absolute Gasteiger partial charge is 0.437 e. The summed E-state index contributed by atoms with van der Waals surface area (Å²) in [6, 6.07) is 7.66. The van der Waals surface area contributed by atoms with Crippen LogP contribution in [0.1, 0.15) is 57.4 Å². The van der Waals surface area contributed by atoms with Gasteiger partial charge in [0.05, 0.1) is 7.11 Å². The lowest BCUT2D eigenvalue weighted by atomic mass is 10.0. The molecule has 0 aliphatic heterocycles. The second-order valence-corrected chi connectivity index (χ2v) is 5.04. The van der Waals surface area contributed by atoms with Gasteiger partial charge >= 0.3 is 6.16 Å². The van der Waals surface area contributed by atoms with Crippen LogP contribution >= 0.6 is 0 Å². The zero-order valence-electron chi connectivity index (χ0n) is 12.7. The van der Waals surface area contributed by atoms with Gasteiger partial charge in [-0.2, -0.15) is 0 Å². The van der Waals surface area contributed by atoms with Crippen LogP contribution in [0.25, 0.3) is 0 Å². The molecule has 0 aliphatic carbocycles. The van der Waals surface area contributed by atoms with E-state index in [4.69, 9.17) is 4.74 Å². The van der Waals surface area contributed by atoms with Crippen molar-refractivity contribution in [3.63, 3.8) is 0 Å². The molecule has 0 amide bonds. The highest BCUT2D eigenvalue weighted by molar-refractivity contribution is 5.64. The van der Waals surface area contributed by atoms with Crippen molar-refractivity contribution < 1.29 is 14.3 Å². The summed E-state index contributed by atoms with van der Waals surface area (Å²) in [5.74, 6) is 0.616. The quantitative estimate of drug-likeness (QED) is 0.357. The first-order chi connectivity index (χ1) is 9.77. The van der Waals surface area contributed by atoms with Crippen LogP contribution in [0.4, 0.5) is 4.79 Å². The molecule has 0 saturated heterocycles. The van der Waals surface area contributed by atoms with Crippen LogP contribution in [0, 0.1) is 0 Å². The minimum Gasteiger partial charge on any atom is -0.437 e. The molecule has 3 heteroatoms. The first kappa shape index (κ1) is 16.5. The first-order valence-electron chi connectivity index (χ1n) is 7.61. The standard InChI is InChI=1S/C17H26O3/c1-3-4-5-6-7-8-9-12-15-13-10-11-14-16(15)20-17(18)19-2/h10-11,13-14H,3-9,12H2,1-2H3. The Hall–Kier alpha value is -1.51. The normalized spacial score (nSPS) is 10.3. The van der Waals surface area contributed by atoms with E-state index in [2.05, 4.69) is 11.7 Å². The third-order valence-electron chi connectivity index (χ3n) is 3.38. The van der Waals surface area contributed by atoms with Crippen LogP contribution < -0.4 is 4.74 Å². The average molecular weight is 278 g/mol. The molecule has 3 nitrogen and oxygen atoms in total. The fraction of sp³-hybridized carbons (Fsp3) is 0.588. The topological polar surface area (TPSA) is 35.5 Å². The molecule has 0 aliphatic rings. The molecule has 0 unspecified atom stereocenters. The van der Waals surface area contributed by atoms with E-state index in [9.17, 15) is 4.79 Å². The summed E-state index contributed by atoms with van der Waals surface area (Å²) in [6.45, 7) is 2.23. The van der Waals surface area contributed by atoms with E-state index in [0.29, 0.717) is 5.75 Å². The van der Waals surface area contributed by atoms with Gasteiger partial charge in [0.15, 0.2) is 0 Å². The van der Waals surface area contributed by atoms with Crippen LogP contribution in [-0.2, 0) is 11.2 Å². The maximum atomic E-state index is 11.2. The summed E-state index contributed by atoms with van der Waals surface area (Å²) in [4.78, 5) is 11.2. The number of ether oxygens (including phenoxy) is 2. The minimum absolute atomic E-state index is 0.616. The van der Waals surface area contributed by atoms with Gasteiger partial charge in [0, 0.05) is 0 Å². The molecular weight excluding hydrogens is 252 g/mol. The van der Waals surface area contributed by atoms with E-state index in [1.165, 1.54) is 45.6 Å². The maximum absolute atomic E-state index is 11.2. The van der Waals surface area contributed by atoms with Gasteiger partial charge in [-0.1, -0.05) is 63.6 Å². The van der Waals surface area contributed by atoms with Crippen molar-refractivity contribution in [1.29, 1.82) is 0 Å². The average Bonchev–Trinajstić information content (AvgIpc) is 2.47. The molecule has 0 fully saturated rings. The number of benzene rings is 1. The third kappa shape index (κ3) is 6.60. The Morgan fingerprint density at radius 2 is 1.65 bits per heavy atom. The van der Waals surface area contributed by atoms with Gasteiger partial charge in [-0.3, -0.25) is 0 Å². The number of carbonyl (C=O) groups is 1. The summed E-state index contributed by atoms with van der Waals surface area (Å²) in [5, 5.41) is 0. The molecule has 0 heterocycles. The van der Waals surface area contributed by atoms with E-state index >= 15 is 0 Å². The number of carbonyl (C=O) groups excluding carboxylic acids is 1. The van der Waals surface area contributed by atoms with Crippen LogP contribution in [0.5, 0.6) is 5.75 Å². The SMILES string of the molecule is CCCCCCCCCc1ccccc1OC(=O)OC. The molecule has 0 saturated carbocycles. The Kier molecular flexibility index (Phi) is 8.52. The number of para-hydroxylation sites is 1. The Morgan fingerprint density at radius 1 is 1.00 bits per heavy atom. The summed E-state index contributed by atoms with van der Waals surface area (Å²) >= 11 is 0. The highest BCUT2D eigenvalue weighted by Gasteiger charge is 2.08. The Balaban J connectivity index is 2.30. The number of hydrogen-bond acceptors (Lipinski definition) is 3. The van der Waals surface area contributed by atoms with E-state index in [-0.39, 0.29) is 0 Å². The summed E-state index contributed by atoms with van der Waals surface area (Å²) in [6.07, 6.45) is 9.25. The lowest BCUT2D eigenvalue weighted by molar-refractivity contribution is 0.121. The molecule has 1 aromatic rings. The second-order valence-electron chi connectivity index (χ2n) is 5.04. The predicted molar refractivity (Wildman–Crippen MR) is 81.2 cm³/mol. The fourth-order valence-electron chi connectivity index (χ4n) is 2.21. The van der Waals surface area contributed by atoms with E-state index in [1.807, 2.05) is 24.3 Å². The largest absolute Gasteiger partial charge is 0.513 e. The molecule has 1 aromatic carbocycles. The van der Waals surface area contributed by atoms with Crippen molar-refractivity contribution in [2.45, 2.75) is 58.3 Å². The van der Waals surface area contributed by atoms with Crippen molar-refractivity contribution in [1.82, 2.24) is 0 Å². The van der Waals surface area contributed by atoms with Crippen LogP contribution in [-0.4, -0.2) is 13.3 Å². The molecule has 0 N–H and O–H groups in total. The highest BCUT2D eigenvalue weighted by atomic mass is 16.7. The Bertz CT molecular complexity index is 388. The maximum Gasteiger partial charge on any atom is 0.513 e. The monoisotopic (exact) mass is 278 g/mol. The lowest BCUT2D eigenvalue weighted by Crippen LogP contribution is -2.08. The molecular formula is C17H26O3. The van der Waals surface area contributed by atoms with Crippen LogP contribution in [0.3, 0.4) is 0 Å². The first-order valence-corrected chi connectivity index (χ1v) is 7.61. The molecule has 0 radical (unpaired) electrons. The predicted octanol–water partition coefficient (Wildman–Crippen LogP) is 5.12. The van der Waals surface area contributed by atoms with Crippen molar-refractivity contribution in [2.24, 2.45) is 0 Å². The summed E-state index contributed by atoms with van der Waals surface area (Å²) < 4.78 is 9.67. The zero-order valence-corrected chi connectivity index (χ0v) is 12.7. The molecule has 112 valence electrons. The highest BCUT2D eigenvalue weighted by Crippen LogP contribution is 2.21. The van der Waals surface area contributed by atoms with Crippen molar-refractivity contribution in [3.05, 3.63) is 29.8 Å². The van der Waals surface area contributed by atoms with Gasteiger partial charge in [-0.25, -0.2) is 4.79 Å². The summed E-state index contributed by atoms with van der Waals surface area (Å²) in [5.41, 5.74) is 1.08. The molecule has 0 spiro atoms. The Morgan fingerprint density at radius 3 is 2.35 bits per heavy atom. The van der Waals surface area contributed by atoms with Gasteiger partial charge in [0.1, 0.15) is 5.75 Å². The number of methoxy groups -OCH3 is 1. The van der Waals surface area contributed by atoms with Crippen LogP contribution in [0.2, 0.25) is 0 Å². The van der Waals surface area contributed by atoms with Gasteiger partial charge in [0.2, 0.25) is 0 Å². The molecule has 0 atom stereocenters. The second kappa shape index (κ2) is 10.3. The van der Waals surface area contributed by atoms with Gasteiger partial charge in [-0.15, -0.1) is 0 Å². The molecule has 0 aromatic heterocycles. The van der Waals surface area contributed by atoms with Gasteiger partial charge < -0.3 is 9.47 Å². The van der Waals surface area contributed by atoms with Crippen molar-refractivity contribution in [2.75, 3.05) is 7.11 Å². The zero-order chi connectivity index (χ0) is 14.6. The number of rotatable bonds is 9. The summed E-state index contributed by atoms with van der Waals surface area (Å²) in [7, 11) is 1.32.